The standard InChI is InChI=1S/C22H26N4/c1-14-11-12-15(2)20-19(14)16(8-6-7-13-23)21(25-20)22-24-17-9-4-5-10-18(17)26(22)3/h4-5,9-12,25H,6-8,13,23H2,1-3H3. The van der Waals surface area contributed by atoms with E-state index in [9.17, 15) is 0 Å². The fourth-order valence-electron chi connectivity index (χ4n) is 3.94. The predicted octanol–water partition coefficient (Wildman–Crippen LogP) is 4.62. The Balaban J connectivity index is 1.98. The van der Waals surface area contributed by atoms with E-state index in [0.717, 1.165) is 48.4 Å². The lowest BCUT2D eigenvalue weighted by molar-refractivity contribution is 0.747. The van der Waals surface area contributed by atoms with Gasteiger partial charge in [0.1, 0.15) is 0 Å². The number of H-pyrrole nitrogens is 1. The lowest BCUT2D eigenvalue weighted by atomic mass is 9.99. The first-order chi connectivity index (χ1) is 12.6. The van der Waals surface area contributed by atoms with Crippen molar-refractivity contribution < 1.29 is 0 Å². The number of aromatic nitrogens is 3. The van der Waals surface area contributed by atoms with Gasteiger partial charge in [-0.3, -0.25) is 0 Å². The molecule has 0 unspecified atom stereocenters. The second kappa shape index (κ2) is 6.61. The summed E-state index contributed by atoms with van der Waals surface area (Å²) in [5, 5.41) is 1.35. The van der Waals surface area contributed by atoms with Gasteiger partial charge in [-0.25, -0.2) is 4.98 Å². The van der Waals surface area contributed by atoms with Crippen molar-refractivity contribution in [1.29, 1.82) is 0 Å². The van der Waals surface area contributed by atoms with Crippen molar-refractivity contribution >= 4 is 21.9 Å². The molecule has 0 aliphatic heterocycles. The zero-order valence-corrected chi connectivity index (χ0v) is 15.8. The lowest BCUT2D eigenvalue weighted by Crippen LogP contribution is -2.00. The maximum absolute atomic E-state index is 5.73. The molecular formula is C22H26N4. The minimum atomic E-state index is 0.738. The second-order valence-electron chi connectivity index (χ2n) is 7.16. The first-order valence-electron chi connectivity index (χ1n) is 9.34. The minimum Gasteiger partial charge on any atom is -0.352 e. The molecule has 3 N–H and O–H groups in total. The van der Waals surface area contributed by atoms with E-state index in [1.807, 2.05) is 6.07 Å². The number of nitrogens with zero attached hydrogens (tertiary/aromatic N) is 2. The summed E-state index contributed by atoms with van der Waals surface area (Å²) >= 11 is 0. The van der Waals surface area contributed by atoms with Gasteiger partial charge in [0, 0.05) is 18.0 Å². The number of para-hydroxylation sites is 2. The minimum absolute atomic E-state index is 0.738. The van der Waals surface area contributed by atoms with Crippen LogP contribution in [0.3, 0.4) is 0 Å². The summed E-state index contributed by atoms with van der Waals surface area (Å²) in [5.74, 6) is 1.00. The molecule has 0 amide bonds. The van der Waals surface area contributed by atoms with Crippen molar-refractivity contribution in [3.05, 3.63) is 53.1 Å². The first kappa shape index (κ1) is 16.9. The number of hydrogen-bond donors (Lipinski definition) is 2. The Hall–Kier alpha value is -2.59. The molecule has 4 aromatic rings. The molecule has 0 saturated carbocycles. The molecular weight excluding hydrogens is 320 g/mol. The molecule has 0 radical (unpaired) electrons. The largest absolute Gasteiger partial charge is 0.352 e. The van der Waals surface area contributed by atoms with Crippen molar-refractivity contribution in [2.75, 3.05) is 6.54 Å². The first-order valence-corrected chi connectivity index (χ1v) is 9.34. The maximum Gasteiger partial charge on any atom is 0.157 e. The van der Waals surface area contributed by atoms with Gasteiger partial charge in [-0.05, 0) is 68.5 Å². The summed E-state index contributed by atoms with van der Waals surface area (Å²) in [5.41, 5.74) is 14.3. The van der Waals surface area contributed by atoms with Gasteiger partial charge in [-0.1, -0.05) is 24.3 Å². The van der Waals surface area contributed by atoms with E-state index in [1.165, 1.54) is 27.6 Å². The number of unbranched alkanes of at least 4 members (excludes halogenated alkanes) is 1. The van der Waals surface area contributed by atoms with Crippen LogP contribution in [0.4, 0.5) is 0 Å². The quantitative estimate of drug-likeness (QED) is 0.518. The van der Waals surface area contributed by atoms with Crippen LogP contribution >= 0.6 is 0 Å². The number of fused-ring (bicyclic) bond motifs is 2. The molecule has 134 valence electrons. The zero-order chi connectivity index (χ0) is 18.3. The average molecular weight is 346 g/mol. The van der Waals surface area contributed by atoms with Crippen LogP contribution in [0, 0.1) is 13.8 Å². The summed E-state index contributed by atoms with van der Waals surface area (Å²) < 4.78 is 2.19. The van der Waals surface area contributed by atoms with Crippen LogP contribution in [0.25, 0.3) is 33.5 Å². The molecule has 0 bridgehead atoms. The normalized spacial score (nSPS) is 11.7. The Morgan fingerprint density at radius 1 is 1.04 bits per heavy atom. The van der Waals surface area contributed by atoms with Crippen LogP contribution in [0.15, 0.2) is 36.4 Å². The Bertz CT molecular complexity index is 1080. The van der Waals surface area contributed by atoms with E-state index < -0.39 is 0 Å². The van der Waals surface area contributed by atoms with E-state index in [4.69, 9.17) is 10.7 Å². The highest BCUT2D eigenvalue weighted by Gasteiger charge is 2.20. The monoisotopic (exact) mass is 346 g/mol. The van der Waals surface area contributed by atoms with Crippen LogP contribution in [-0.4, -0.2) is 21.1 Å². The lowest BCUT2D eigenvalue weighted by Gasteiger charge is -2.07. The van der Waals surface area contributed by atoms with Gasteiger partial charge in [-0.2, -0.15) is 0 Å². The third kappa shape index (κ3) is 2.61. The van der Waals surface area contributed by atoms with Crippen LogP contribution in [0.2, 0.25) is 0 Å². The number of aryl methyl sites for hydroxylation is 4. The number of hydrogen-bond acceptors (Lipinski definition) is 2. The van der Waals surface area contributed by atoms with Crippen LogP contribution in [0.1, 0.15) is 29.5 Å². The number of nitrogens with one attached hydrogen (secondary N) is 1. The van der Waals surface area contributed by atoms with Crippen molar-refractivity contribution in [3.63, 3.8) is 0 Å². The van der Waals surface area contributed by atoms with E-state index >= 15 is 0 Å². The molecule has 0 atom stereocenters. The molecule has 0 saturated heterocycles. The fraction of sp³-hybridized carbons (Fsp3) is 0.318. The van der Waals surface area contributed by atoms with E-state index in [2.05, 4.69) is 60.8 Å². The molecule has 26 heavy (non-hydrogen) atoms. The van der Waals surface area contributed by atoms with Gasteiger partial charge in [-0.15, -0.1) is 0 Å². The number of benzene rings is 2. The van der Waals surface area contributed by atoms with Crippen molar-refractivity contribution in [2.45, 2.75) is 33.1 Å². The predicted molar refractivity (Wildman–Crippen MR) is 109 cm³/mol. The highest BCUT2D eigenvalue weighted by Crippen LogP contribution is 2.35. The molecule has 0 aliphatic rings. The third-order valence-corrected chi connectivity index (χ3v) is 5.37. The SMILES string of the molecule is Cc1ccc(C)c2c(CCCCN)c(-c3nc4ccccc4n3C)[nH]c12. The van der Waals surface area contributed by atoms with E-state index in [-0.39, 0.29) is 0 Å². The Labute approximate surface area is 154 Å². The molecule has 4 nitrogen and oxygen atoms in total. The van der Waals surface area contributed by atoms with Crippen LogP contribution < -0.4 is 5.73 Å². The van der Waals surface area contributed by atoms with Gasteiger partial charge in [0.05, 0.1) is 16.7 Å². The number of imidazole rings is 1. The highest BCUT2D eigenvalue weighted by molar-refractivity contribution is 5.95. The molecule has 2 aromatic heterocycles. The molecule has 0 aliphatic carbocycles. The van der Waals surface area contributed by atoms with E-state index in [1.54, 1.807) is 0 Å². The average Bonchev–Trinajstić information content (AvgIpc) is 3.18. The summed E-state index contributed by atoms with van der Waals surface area (Å²) in [6, 6.07) is 12.7. The molecule has 2 aromatic carbocycles. The molecule has 4 rings (SSSR count). The molecule has 0 fully saturated rings. The highest BCUT2D eigenvalue weighted by atomic mass is 15.1. The van der Waals surface area contributed by atoms with Crippen LogP contribution in [0.5, 0.6) is 0 Å². The van der Waals surface area contributed by atoms with Crippen molar-refractivity contribution in [1.82, 2.24) is 14.5 Å². The summed E-state index contributed by atoms with van der Waals surface area (Å²) in [6.45, 7) is 5.10. The maximum atomic E-state index is 5.73. The van der Waals surface area contributed by atoms with Crippen molar-refractivity contribution in [3.8, 4) is 11.5 Å². The Morgan fingerprint density at radius 2 is 1.81 bits per heavy atom. The van der Waals surface area contributed by atoms with Gasteiger partial charge in [0.25, 0.3) is 0 Å². The van der Waals surface area contributed by atoms with Crippen LogP contribution in [-0.2, 0) is 13.5 Å². The Kier molecular flexibility index (Phi) is 4.29. The topological polar surface area (TPSA) is 59.6 Å². The van der Waals surface area contributed by atoms with Gasteiger partial charge < -0.3 is 15.3 Å². The summed E-state index contributed by atoms with van der Waals surface area (Å²) in [4.78, 5) is 8.64. The van der Waals surface area contributed by atoms with Gasteiger partial charge >= 0.3 is 0 Å². The molecule has 0 spiro atoms. The summed E-state index contributed by atoms with van der Waals surface area (Å²) in [7, 11) is 2.10. The Morgan fingerprint density at radius 3 is 2.58 bits per heavy atom. The molecule has 2 heterocycles. The van der Waals surface area contributed by atoms with Gasteiger partial charge in [0.2, 0.25) is 0 Å². The van der Waals surface area contributed by atoms with Crippen molar-refractivity contribution in [2.24, 2.45) is 12.8 Å². The second-order valence-corrected chi connectivity index (χ2v) is 7.16. The molecule has 4 heteroatoms. The fourth-order valence-corrected chi connectivity index (χ4v) is 3.94. The third-order valence-electron chi connectivity index (χ3n) is 5.37. The number of rotatable bonds is 5. The van der Waals surface area contributed by atoms with E-state index in [0.29, 0.717) is 0 Å². The summed E-state index contributed by atoms with van der Waals surface area (Å²) in [6.07, 6.45) is 3.15. The number of aromatic amines is 1. The smallest absolute Gasteiger partial charge is 0.157 e. The number of nitrogens with two attached hydrogens (primary N) is 1. The zero-order valence-electron chi connectivity index (χ0n) is 15.8. The van der Waals surface area contributed by atoms with Gasteiger partial charge in [0.15, 0.2) is 5.82 Å².